The van der Waals surface area contributed by atoms with Gasteiger partial charge in [0.25, 0.3) is 0 Å². The maximum Gasteiger partial charge on any atom is 0.135 e. The van der Waals surface area contributed by atoms with E-state index in [4.69, 9.17) is 5.11 Å². The summed E-state index contributed by atoms with van der Waals surface area (Å²) in [4.78, 5) is 0. The molecule has 0 aliphatic heterocycles. The van der Waals surface area contributed by atoms with E-state index >= 15 is 0 Å². The molecule has 0 saturated carbocycles. The van der Waals surface area contributed by atoms with Gasteiger partial charge in [-0.2, -0.15) is 0 Å². The molecular weight excluding hydrogens is 188 g/mol. The van der Waals surface area contributed by atoms with Crippen LogP contribution in [0.3, 0.4) is 0 Å². The van der Waals surface area contributed by atoms with Gasteiger partial charge in [-0.1, -0.05) is 0 Å². The molecule has 0 aliphatic rings. The van der Waals surface area contributed by atoms with Crippen molar-refractivity contribution >= 4 is 10.9 Å². The van der Waals surface area contributed by atoms with E-state index in [2.05, 4.69) is 0 Å². The first kappa shape index (κ1) is 9.15. The lowest BCUT2D eigenvalue weighted by atomic mass is 10.2. The quantitative estimate of drug-likeness (QED) is 0.742. The van der Waals surface area contributed by atoms with Gasteiger partial charge in [0.1, 0.15) is 11.6 Å². The second-order valence-electron chi connectivity index (χ2n) is 3.17. The van der Waals surface area contributed by atoms with E-state index in [1.807, 2.05) is 0 Å². The third-order valence-corrected chi connectivity index (χ3v) is 2.34. The number of fused-ring (bicyclic) bond motifs is 1. The zero-order chi connectivity index (χ0) is 10.3. The number of rotatable bonds is 1. The van der Waals surface area contributed by atoms with E-state index in [0.717, 1.165) is 6.07 Å². The summed E-state index contributed by atoms with van der Waals surface area (Å²) in [7, 11) is 1.66. The summed E-state index contributed by atoms with van der Waals surface area (Å²) in [6.45, 7) is -0.188. The lowest BCUT2D eigenvalue weighted by molar-refractivity contribution is 0.273. The predicted molar refractivity (Wildman–Crippen MR) is 48.8 cm³/mol. The van der Waals surface area contributed by atoms with Crippen LogP contribution in [0.5, 0.6) is 0 Å². The van der Waals surface area contributed by atoms with Crippen molar-refractivity contribution in [3.8, 4) is 0 Å². The zero-order valence-corrected chi connectivity index (χ0v) is 7.59. The third kappa shape index (κ3) is 1.19. The number of hydrogen-bond donors (Lipinski definition) is 1. The molecule has 1 N–H and O–H groups in total. The molecule has 0 aliphatic carbocycles. The Hall–Kier alpha value is -1.42. The fraction of sp³-hybridized carbons (Fsp3) is 0.200. The Morgan fingerprint density at radius 1 is 1.29 bits per heavy atom. The molecule has 0 saturated heterocycles. The van der Waals surface area contributed by atoms with Crippen molar-refractivity contribution in [1.82, 2.24) is 4.57 Å². The number of hydrogen-bond acceptors (Lipinski definition) is 1. The van der Waals surface area contributed by atoms with Crippen molar-refractivity contribution in [3.63, 3.8) is 0 Å². The van der Waals surface area contributed by atoms with Crippen molar-refractivity contribution in [2.24, 2.45) is 7.05 Å². The molecule has 2 aromatic rings. The van der Waals surface area contributed by atoms with Gasteiger partial charge in [-0.05, 0) is 12.1 Å². The molecule has 1 aromatic carbocycles. The molecule has 0 radical (unpaired) electrons. The second-order valence-corrected chi connectivity index (χ2v) is 3.17. The minimum Gasteiger partial charge on any atom is -0.390 e. The minimum absolute atomic E-state index is 0.188. The van der Waals surface area contributed by atoms with Gasteiger partial charge in [-0.15, -0.1) is 0 Å². The van der Waals surface area contributed by atoms with Gasteiger partial charge in [-0.25, -0.2) is 8.78 Å². The fourth-order valence-electron chi connectivity index (χ4n) is 1.56. The topological polar surface area (TPSA) is 25.2 Å². The van der Waals surface area contributed by atoms with Crippen LogP contribution in [-0.2, 0) is 13.7 Å². The van der Waals surface area contributed by atoms with Gasteiger partial charge in [-0.3, -0.25) is 0 Å². The van der Waals surface area contributed by atoms with Gasteiger partial charge >= 0.3 is 0 Å². The van der Waals surface area contributed by atoms with Crippen LogP contribution < -0.4 is 0 Å². The monoisotopic (exact) mass is 197 g/mol. The Morgan fingerprint density at radius 3 is 2.64 bits per heavy atom. The number of aryl methyl sites for hydroxylation is 1. The molecule has 0 bridgehead atoms. The molecule has 4 heteroatoms. The van der Waals surface area contributed by atoms with Crippen LogP contribution in [-0.4, -0.2) is 9.67 Å². The van der Waals surface area contributed by atoms with Crippen LogP contribution in [0.25, 0.3) is 10.9 Å². The lowest BCUT2D eigenvalue weighted by Gasteiger charge is -2.00. The number of nitrogens with zero attached hydrogens (tertiary/aromatic N) is 1. The average molecular weight is 197 g/mol. The van der Waals surface area contributed by atoms with E-state index < -0.39 is 11.6 Å². The summed E-state index contributed by atoms with van der Waals surface area (Å²) >= 11 is 0. The Morgan fingerprint density at radius 2 is 2.00 bits per heavy atom. The maximum atomic E-state index is 13.2. The Balaban J connectivity index is 2.85. The Labute approximate surface area is 79.4 Å². The molecule has 14 heavy (non-hydrogen) atoms. The van der Waals surface area contributed by atoms with E-state index in [1.165, 1.54) is 12.1 Å². The first-order valence-corrected chi connectivity index (χ1v) is 4.17. The average Bonchev–Trinajstić information content (AvgIpc) is 2.44. The standard InChI is InChI=1S/C10H9F2NO/c1-13-7(5-14)4-8-9(12)2-6(11)3-10(8)13/h2-4,14H,5H2,1H3. The van der Waals surface area contributed by atoms with E-state index in [0.29, 0.717) is 16.6 Å². The van der Waals surface area contributed by atoms with Crippen molar-refractivity contribution < 1.29 is 13.9 Å². The summed E-state index contributed by atoms with van der Waals surface area (Å²) in [6.07, 6.45) is 0. The van der Waals surface area contributed by atoms with Crippen LogP contribution in [0, 0.1) is 11.6 Å². The highest BCUT2D eigenvalue weighted by atomic mass is 19.1. The first-order valence-electron chi connectivity index (χ1n) is 4.17. The van der Waals surface area contributed by atoms with Crippen LogP contribution >= 0.6 is 0 Å². The van der Waals surface area contributed by atoms with Crippen molar-refractivity contribution in [3.05, 3.63) is 35.5 Å². The first-order chi connectivity index (χ1) is 6.63. The van der Waals surface area contributed by atoms with Gasteiger partial charge in [0, 0.05) is 24.2 Å². The molecule has 2 nitrogen and oxygen atoms in total. The molecule has 74 valence electrons. The van der Waals surface area contributed by atoms with Crippen LogP contribution in [0.4, 0.5) is 8.78 Å². The number of aliphatic hydroxyl groups is 1. The molecular formula is C10H9F2NO. The highest BCUT2D eigenvalue weighted by Crippen LogP contribution is 2.22. The Kier molecular flexibility index (Phi) is 2.00. The molecule has 2 rings (SSSR count). The molecule has 0 amide bonds. The number of benzene rings is 1. The van der Waals surface area contributed by atoms with Crippen LogP contribution in [0.2, 0.25) is 0 Å². The normalized spacial score (nSPS) is 11.1. The number of aromatic nitrogens is 1. The summed E-state index contributed by atoms with van der Waals surface area (Å²) in [5.74, 6) is -1.21. The van der Waals surface area contributed by atoms with E-state index in [1.54, 1.807) is 11.6 Å². The van der Waals surface area contributed by atoms with Crippen molar-refractivity contribution in [1.29, 1.82) is 0 Å². The molecule has 0 fully saturated rings. The third-order valence-electron chi connectivity index (χ3n) is 2.34. The summed E-state index contributed by atoms with van der Waals surface area (Å²) < 4.78 is 27.7. The van der Waals surface area contributed by atoms with Gasteiger partial charge < -0.3 is 9.67 Å². The lowest BCUT2D eigenvalue weighted by Crippen LogP contribution is -1.95. The fourth-order valence-corrected chi connectivity index (χ4v) is 1.56. The second kappa shape index (κ2) is 3.06. The van der Waals surface area contributed by atoms with E-state index in [-0.39, 0.29) is 6.61 Å². The largest absolute Gasteiger partial charge is 0.390 e. The van der Waals surface area contributed by atoms with Gasteiger partial charge in [0.05, 0.1) is 12.1 Å². The molecule has 0 unspecified atom stereocenters. The number of aliphatic hydroxyl groups excluding tert-OH is 1. The minimum atomic E-state index is -0.610. The predicted octanol–water partition coefficient (Wildman–Crippen LogP) is 1.95. The Bertz CT molecular complexity index is 490. The maximum absolute atomic E-state index is 13.2. The van der Waals surface area contributed by atoms with Crippen molar-refractivity contribution in [2.75, 3.05) is 0 Å². The summed E-state index contributed by atoms with van der Waals surface area (Å²) in [5.41, 5.74) is 1.01. The van der Waals surface area contributed by atoms with Crippen LogP contribution in [0.15, 0.2) is 18.2 Å². The molecule has 1 aromatic heterocycles. The van der Waals surface area contributed by atoms with E-state index in [9.17, 15) is 8.78 Å². The SMILES string of the molecule is Cn1c(CO)cc2c(F)cc(F)cc21. The smallest absolute Gasteiger partial charge is 0.135 e. The highest BCUT2D eigenvalue weighted by Gasteiger charge is 2.10. The molecule has 0 atom stereocenters. The summed E-state index contributed by atoms with van der Waals surface area (Å²) in [6, 6.07) is 3.60. The van der Waals surface area contributed by atoms with Gasteiger partial charge in [0.15, 0.2) is 0 Å². The van der Waals surface area contributed by atoms with Crippen LogP contribution in [0.1, 0.15) is 5.69 Å². The molecule has 1 heterocycles. The highest BCUT2D eigenvalue weighted by molar-refractivity contribution is 5.82. The zero-order valence-electron chi connectivity index (χ0n) is 7.59. The molecule has 0 spiro atoms. The van der Waals surface area contributed by atoms with Gasteiger partial charge in [0.2, 0.25) is 0 Å². The van der Waals surface area contributed by atoms with Crippen molar-refractivity contribution in [2.45, 2.75) is 6.61 Å². The number of halogens is 2. The summed E-state index contributed by atoms with van der Waals surface area (Å²) in [5, 5.41) is 9.27.